The summed E-state index contributed by atoms with van der Waals surface area (Å²) in [5.41, 5.74) is 0.791. The van der Waals surface area contributed by atoms with E-state index in [1.807, 2.05) is 29.2 Å². The van der Waals surface area contributed by atoms with Gasteiger partial charge in [-0.2, -0.15) is 0 Å². The Morgan fingerprint density at radius 3 is 2.83 bits per heavy atom. The monoisotopic (exact) mass is 411 g/mol. The molecule has 0 unspecified atom stereocenters. The van der Waals surface area contributed by atoms with Gasteiger partial charge in [0.2, 0.25) is 0 Å². The molecular formula is C22H25N3O5. The van der Waals surface area contributed by atoms with Crippen molar-refractivity contribution in [2.75, 3.05) is 31.1 Å². The minimum atomic E-state index is -0.416. The van der Waals surface area contributed by atoms with Gasteiger partial charge in [0, 0.05) is 24.7 Å². The van der Waals surface area contributed by atoms with Crippen LogP contribution < -0.4 is 19.7 Å². The predicted molar refractivity (Wildman–Crippen MR) is 112 cm³/mol. The minimum Gasteiger partial charge on any atom is -0.486 e. The van der Waals surface area contributed by atoms with E-state index in [2.05, 4.69) is 12.2 Å². The van der Waals surface area contributed by atoms with Crippen LogP contribution in [-0.4, -0.2) is 43.2 Å². The number of anilines is 1. The molecule has 0 saturated carbocycles. The summed E-state index contributed by atoms with van der Waals surface area (Å²) in [6.45, 7) is 4.29. The van der Waals surface area contributed by atoms with Crippen molar-refractivity contribution in [1.29, 1.82) is 0 Å². The van der Waals surface area contributed by atoms with E-state index in [1.54, 1.807) is 12.1 Å². The van der Waals surface area contributed by atoms with Crippen molar-refractivity contribution in [2.24, 2.45) is 5.92 Å². The van der Waals surface area contributed by atoms with Gasteiger partial charge in [0.05, 0.1) is 11.5 Å². The molecule has 0 radical (unpaired) electrons. The van der Waals surface area contributed by atoms with E-state index < -0.39 is 4.92 Å². The van der Waals surface area contributed by atoms with E-state index in [4.69, 9.17) is 9.47 Å². The third-order valence-electron chi connectivity index (χ3n) is 5.49. The van der Waals surface area contributed by atoms with Crippen molar-refractivity contribution in [3.05, 3.63) is 58.1 Å². The van der Waals surface area contributed by atoms with Crippen LogP contribution in [0.5, 0.6) is 11.5 Å². The molecule has 4 rings (SSSR count). The van der Waals surface area contributed by atoms with Crippen molar-refractivity contribution in [3.63, 3.8) is 0 Å². The number of nitro groups is 1. The Morgan fingerprint density at radius 1 is 1.27 bits per heavy atom. The third-order valence-corrected chi connectivity index (χ3v) is 5.49. The smallest absolute Gasteiger partial charge is 0.293 e. The molecule has 0 spiro atoms. The van der Waals surface area contributed by atoms with Crippen LogP contribution in [0.1, 0.15) is 30.1 Å². The number of amides is 1. The average Bonchev–Trinajstić information content (AvgIpc) is 2.77. The van der Waals surface area contributed by atoms with Crippen LogP contribution in [0.15, 0.2) is 42.5 Å². The van der Waals surface area contributed by atoms with Gasteiger partial charge in [-0.15, -0.1) is 0 Å². The number of nitrogens with one attached hydrogen (secondary N) is 1. The molecule has 1 N–H and O–H groups in total. The molecule has 2 aromatic rings. The molecule has 2 aliphatic heterocycles. The molecule has 158 valence electrons. The number of nitro benzene ring substituents is 1. The molecule has 2 atom stereocenters. The zero-order chi connectivity index (χ0) is 21.1. The summed E-state index contributed by atoms with van der Waals surface area (Å²) < 4.78 is 11.5. The summed E-state index contributed by atoms with van der Waals surface area (Å²) >= 11 is 0. The molecule has 1 fully saturated rings. The zero-order valence-corrected chi connectivity index (χ0v) is 16.9. The van der Waals surface area contributed by atoms with Gasteiger partial charge in [0.15, 0.2) is 11.5 Å². The summed E-state index contributed by atoms with van der Waals surface area (Å²) in [5.74, 6) is 1.43. The molecule has 8 nitrogen and oxygen atoms in total. The lowest BCUT2D eigenvalue weighted by molar-refractivity contribution is -0.384. The zero-order valence-electron chi connectivity index (χ0n) is 16.9. The first-order valence-corrected chi connectivity index (χ1v) is 10.2. The summed E-state index contributed by atoms with van der Waals surface area (Å²) in [4.78, 5) is 25.9. The summed E-state index contributed by atoms with van der Waals surface area (Å²) in [6, 6.07) is 12.0. The van der Waals surface area contributed by atoms with Gasteiger partial charge in [-0.3, -0.25) is 14.9 Å². The molecule has 30 heavy (non-hydrogen) atoms. The van der Waals surface area contributed by atoms with Gasteiger partial charge < -0.3 is 19.7 Å². The molecule has 8 heteroatoms. The van der Waals surface area contributed by atoms with Crippen molar-refractivity contribution in [1.82, 2.24) is 5.32 Å². The number of hydrogen-bond donors (Lipinski definition) is 1. The van der Waals surface area contributed by atoms with Crippen LogP contribution in [0.4, 0.5) is 11.4 Å². The van der Waals surface area contributed by atoms with E-state index in [1.165, 1.54) is 6.07 Å². The van der Waals surface area contributed by atoms with Gasteiger partial charge >= 0.3 is 0 Å². The maximum absolute atomic E-state index is 12.6. The van der Waals surface area contributed by atoms with E-state index in [-0.39, 0.29) is 29.8 Å². The van der Waals surface area contributed by atoms with Crippen LogP contribution in [0.2, 0.25) is 0 Å². The number of piperidine rings is 1. The topological polar surface area (TPSA) is 93.9 Å². The molecule has 0 aromatic heterocycles. The average molecular weight is 411 g/mol. The van der Waals surface area contributed by atoms with Crippen molar-refractivity contribution in [3.8, 4) is 11.5 Å². The van der Waals surface area contributed by atoms with Gasteiger partial charge in [-0.05, 0) is 43.0 Å². The fourth-order valence-corrected chi connectivity index (χ4v) is 3.96. The summed E-state index contributed by atoms with van der Waals surface area (Å²) in [6.07, 6.45) is 1.81. The fraction of sp³-hybridized carbons (Fsp3) is 0.409. The Hall–Kier alpha value is -3.29. The number of ether oxygens (including phenoxy) is 2. The van der Waals surface area contributed by atoms with Crippen molar-refractivity contribution < 1.29 is 19.2 Å². The number of fused-ring (bicyclic) bond motifs is 1. The number of benzene rings is 2. The first-order chi connectivity index (χ1) is 14.5. The summed E-state index contributed by atoms with van der Waals surface area (Å²) in [7, 11) is 0. The van der Waals surface area contributed by atoms with Crippen LogP contribution in [0.3, 0.4) is 0 Å². The lowest BCUT2D eigenvalue weighted by atomic mass is 9.99. The Kier molecular flexibility index (Phi) is 5.74. The van der Waals surface area contributed by atoms with Crippen LogP contribution >= 0.6 is 0 Å². The molecule has 1 amide bonds. The van der Waals surface area contributed by atoms with E-state index in [0.29, 0.717) is 29.7 Å². The van der Waals surface area contributed by atoms with Crippen LogP contribution in [0.25, 0.3) is 0 Å². The highest BCUT2D eigenvalue weighted by Crippen LogP contribution is 2.33. The predicted octanol–water partition coefficient (Wildman–Crippen LogP) is 3.40. The Bertz CT molecular complexity index is 948. The molecular weight excluding hydrogens is 386 g/mol. The van der Waals surface area contributed by atoms with E-state index in [9.17, 15) is 14.9 Å². The van der Waals surface area contributed by atoms with Crippen LogP contribution in [0, 0.1) is 16.0 Å². The molecule has 0 bridgehead atoms. The number of carbonyl (C=O) groups is 1. The standard InChI is InChI=1S/C22H25N3O5/c1-15-5-4-10-24(13-15)18-9-8-16(11-19(18)25(27)28)22(26)23-12-17-14-29-20-6-2-3-7-21(20)30-17/h2-3,6-9,11,15,17H,4-5,10,12-14H2,1H3,(H,23,26)/t15-,17+/m0/s1. The highest BCUT2D eigenvalue weighted by molar-refractivity contribution is 5.95. The number of para-hydroxylation sites is 2. The largest absolute Gasteiger partial charge is 0.486 e. The maximum Gasteiger partial charge on any atom is 0.293 e. The maximum atomic E-state index is 12.6. The number of rotatable bonds is 5. The molecule has 2 aliphatic rings. The second kappa shape index (κ2) is 8.61. The van der Waals surface area contributed by atoms with Gasteiger partial charge in [-0.25, -0.2) is 0 Å². The van der Waals surface area contributed by atoms with E-state index >= 15 is 0 Å². The second-order valence-corrected chi connectivity index (χ2v) is 7.86. The quantitative estimate of drug-likeness (QED) is 0.599. The second-order valence-electron chi connectivity index (χ2n) is 7.86. The van der Waals surface area contributed by atoms with Gasteiger partial charge in [0.25, 0.3) is 11.6 Å². The first-order valence-electron chi connectivity index (χ1n) is 10.2. The minimum absolute atomic E-state index is 0.0390. The SMILES string of the molecule is C[C@H]1CCCN(c2ccc(C(=O)NC[C@@H]3COc4ccccc4O3)cc2[N+](=O)[O-])C1. The third kappa shape index (κ3) is 4.32. The Labute approximate surface area is 174 Å². The highest BCUT2D eigenvalue weighted by Gasteiger charge is 2.26. The normalized spacial score (nSPS) is 20.5. The first kappa shape index (κ1) is 20.0. The molecule has 2 aromatic carbocycles. The van der Waals surface area contributed by atoms with Gasteiger partial charge in [0.1, 0.15) is 18.4 Å². The Balaban J connectivity index is 1.43. The van der Waals surface area contributed by atoms with Crippen LogP contribution in [-0.2, 0) is 0 Å². The fourth-order valence-electron chi connectivity index (χ4n) is 3.96. The lowest BCUT2D eigenvalue weighted by Gasteiger charge is -2.32. The highest BCUT2D eigenvalue weighted by atomic mass is 16.6. The number of carbonyl (C=O) groups excluding carboxylic acids is 1. The summed E-state index contributed by atoms with van der Waals surface area (Å²) in [5, 5.41) is 14.4. The molecule has 0 aliphatic carbocycles. The van der Waals surface area contributed by atoms with Crippen molar-refractivity contribution in [2.45, 2.75) is 25.9 Å². The number of hydrogen-bond acceptors (Lipinski definition) is 6. The Morgan fingerprint density at radius 2 is 2.07 bits per heavy atom. The van der Waals surface area contributed by atoms with Gasteiger partial charge in [-0.1, -0.05) is 19.1 Å². The number of nitrogens with zero attached hydrogens (tertiary/aromatic N) is 2. The molecule has 1 saturated heterocycles. The lowest BCUT2D eigenvalue weighted by Crippen LogP contribution is -2.40. The van der Waals surface area contributed by atoms with Crippen molar-refractivity contribution >= 4 is 17.3 Å². The van der Waals surface area contributed by atoms with E-state index in [0.717, 1.165) is 25.9 Å². The molecule has 2 heterocycles.